The van der Waals surface area contributed by atoms with Gasteiger partial charge in [-0.15, -0.1) is 0 Å². The van der Waals surface area contributed by atoms with E-state index in [0.717, 1.165) is 25.2 Å². The van der Waals surface area contributed by atoms with E-state index in [1.165, 1.54) is 5.56 Å². The quantitative estimate of drug-likeness (QED) is 0.849. The molecule has 6 nitrogen and oxygen atoms in total. The second-order valence-electron chi connectivity index (χ2n) is 4.66. The average Bonchev–Trinajstić information content (AvgIpc) is 2.49. The topological polar surface area (TPSA) is 80.0 Å². The second kappa shape index (κ2) is 6.88. The van der Waals surface area contributed by atoms with Crippen molar-refractivity contribution in [1.82, 2.24) is 15.0 Å². The molecule has 2 rings (SSSR count). The SMILES string of the molecule is CCc1ccc(Nc2nc(N)nc(N(CC)CC)n2)cc1. The first kappa shape index (κ1) is 15.0. The largest absolute Gasteiger partial charge is 0.368 e. The van der Waals surface area contributed by atoms with Gasteiger partial charge in [-0.3, -0.25) is 0 Å². The van der Waals surface area contributed by atoms with Crippen LogP contribution in [0.25, 0.3) is 0 Å². The Morgan fingerprint density at radius 2 is 1.67 bits per heavy atom. The summed E-state index contributed by atoms with van der Waals surface area (Å²) >= 11 is 0. The van der Waals surface area contributed by atoms with Gasteiger partial charge in [0.25, 0.3) is 0 Å². The summed E-state index contributed by atoms with van der Waals surface area (Å²) in [4.78, 5) is 14.8. The van der Waals surface area contributed by atoms with E-state index < -0.39 is 0 Å². The van der Waals surface area contributed by atoms with Crippen molar-refractivity contribution in [3.8, 4) is 0 Å². The van der Waals surface area contributed by atoms with Gasteiger partial charge in [-0.1, -0.05) is 19.1 Å². The minimum Gasteiger partial charge on any atom is -0.368 e. The number of aryl methyl sites for hydroxylation is 1. The number of nitrogens with two attached hydrogens (primary N) is 1. The van der Waals surface area contributed by atoms with Crippen LogP contribution in [0.4, 0.5) is 23.5 Å². The highest BCUT2D eigenvalue weighted by Gasteiger charge is 2.09. The molecule has 0 atom stereocenters. The molecule has 0 fully saturated rings. The van der Waals surface area contributed by atoms with E-state index in [0.29, 0.717) is 11.9 Å². The maximum absolute atomic E-state index is 5.78. The Labute approximate surface area is 125 Å². The molecule has 0 aliphatic carbocycles. The summed E-state index contributed by atoms with van der Waals surface area (Å²) in [6.07, 6.45) is 1.02. The van der Waals surface area contributed by atoms with Gasteiger partial charge in [-0.05, 0) is 38.0 Å². The molecule has 0 aliphatic heterocycles. The van der Waals surface area contributed by atoms with Gasteiger partial charge in [0, 0.05) is 18.8 Å². The standard InChI is InChI=1S/C15H22N6/c1-4-11-7-9-12(10-8-11)17-14-18-13(16)19-15(20-14)21(5-2)6-3/h7-10H,4-6H2,1-3H3,(H3,16,17,18,19,20). The normalized spacial score (nSPS) is 10.4. The summed E-state index contributed by atoms with van der Waals surface area (Å²) in [7, 11) is 0. The minimum absolute atomic E-state index is 0.222. The molecule has 112 valence electrons. The van der Waals surface area contributed by atoms with Crippen molar-refractivity contribution in [2.24, 2.45) is 0 Å². The fourth-order valence-electron chi connectivity index (χ4n) is 2.04. The van der Waals surface area contributed by atoms with Gasteiger partial charge in [0.2, 0.25) is 17.8 Å². The molecule has 1 aromatic carbocycles. The zero-order valence-corrected chi connectivity index (χ0v) is 12.8. The molecule has 3 N–H and O–H groups in total. The van der Waals surface area contributed by atoms with E-state index in [1.54, 1.807) is 0 Å². The van der Waals surface area contributed by atoms with Gasteiger partial charge in [0.15, 0.2) is 0 Å². The van der Waals surface area contributed by atoms with Gasteiger partial charge in [0.05, 0.1) is 0 Å². The maximum atomic E-state index is 5.78. The van der Waals surface area contributed by atoms with Crippen LogP contribution in [0.3, 0.4) is 0 Å². The van der Waals surface area contributed by atoms with Crippen LogP contribution in [0.15, 0.2) is 24.3 Å². The monoisotopic (exact) mass is 286 g/mol. The van der Waals surface area contributed by atoms with E-state index in [2.05, 4.69) is 53.2 Å². The molecule has 0 spiro atoms. The van der Waals surface area contributed by atoms with Crippen molar-refractivity contribution in [3.63, 3.8) is 0 Å². The number of nitrogens with zero attached hydrogens (tertiary/aromatic N) is 4. The summed E-state index contributed by atoms with van der Waals surface area (Å²) < 4.78 is 0. The van der Waals surface area contributed by atoms with Gasteiger partial charge < -0.3 is 16.0 Å². The molecule has 21 heavy (non-hydrogen) atoms. The molecule has 0 saturated heterocycles. The Balaban J connectivity index is 2.22. The van der Waals surface area contributed by atoms with E-state index in [4.69, 9.17) is 5.73 Å². The number of hydrogen-bond donors (Lipinski definition) is 2. The van der Waals surface area contributed by atoms with E-state index >= 15 is 0 Å². The molecule has 0 saturated carbocycles. The van der Waals surface area contributed by atoms with Crippen molar-refractivity contribution >= 4 is 23.5 Å². The predicted molar refractivity (Wildman–Crippen MR) is 86.9 cm³/mol. The van der Waals surface area contributed by atoms with Crippen LogP contribution < -0.4 is 16.0 Å². The lowest BCUT2D eigenvalue weighted by Crippen LogP contribution is -2.25. The molecule has 0 bridgehead atoms. The Morgan fingerprint density at radius 1 is 1.00 bits per heavy atom. The first-order chi connectivity index (χ1) is 10.2. The third-order valence-electron chi connectivity index (χ3n) is 3.31. The lowest BCUT2D eigenvalue weighted by molar-refractivity contribution is 0.816. The Morgan fingerprint density at radius 3 is 2.24 bits per heavy atom. The minimum atomic E-state index is 0.222. The molecule has 2 aromatic rings. The molecule has 1 heterocycles. The molecule has 6 heteroatoms. The number of nitrogen functional groups attached to an aromatic ring is 1. The zero-order valence-electron chi connectivity index (χ0n) is 12.8. The molecule has 1 aromatic heterocycles. The number of nitrogens with one attached hydrogen (secondary N) is 1. The predicted octanol–water partition coefficient (Wildman–Crippen LogP) is 2.61. The summed E-state index contributed by atoms with van der Waals surface area (Å²) in [6.45, 7) is 7.89. The van der Waals surface area contributed by atoms with Crippen LogP contribution in [0.5, 0.6) is 0 Å². The number of hydrogen-bond acceptors (Lipinski definition) is 6. The number of rotatable bonds is 6. The number of anilines is 4. The van der Waals surface area contributed by atoms with Crippen molar-refractivity contribution in [1.29, 1.82) is 0 Å². The summed E-state index contributed by atoms with van der Waals surface area (Å²) in [5.41, 5.74) is 8.00. The van der Waals surface area contributed by atoms with Gasteiger partial charge >= 0.3 is 0 Å². The van der Waals surface area contributed by atoms with Crippen LogP contribution >= 0.6 is 0 Å². The molecular weight excluding hydrogens is 264 g/mol. The lowest BCUT2D eigenvalue weighted by atomic mass is 10.1. The second-order valence-corrected chi connectivity index (χ2v) is 4.66. The van der Waals surface area contributed by atoms with Gasteiger partial charge in [0.1, 0.15) is 0 Å². The maximum Gasteiger partial charge on any atom is 0.233 e. The molecule has 0 unspecified atom stereocenters. The Hall–Kier alpha value is -2.37. The van der Waals surface area contributed by atoms with Crippen LogP contribution in [0.1, 0.15) is 26.3 Å². The molecule has 0 radical (unpaired) electrons. The van der Waals surface area contributed by atoms with E-state index in [1.807, 2.05) is 17.0 Å². The highest BCUT2D eigenvalue weighted by atomic mass is 15.3. The van der Waals surface area contributed by atoms with Crippen LogP contribution in [-0.2, 0) is 6.42 Å². The average molecular weight is 286 g/mol. The summed E-state index contributed by atoms with van der Waals surface area (Å²) in [5.74, 6) is 1.29. The van der Waals surface area contributed by atoms with Crippen LogP contribution in [-0.4, -0.2) is 28.0 Å². The zero-order chi connectivity index (χ0) is 15.2. The fraction of sp³-hybridized carbons (Fsp3) is 0.400. The first-order valence-electron chi connectivity index (χ1n) is 7.28. The van der Waals surface area contributed by atoms with Gasteiger partial charge in [-0.2, -0.15) is 15.0 Å². The van der Waals surface area contributed by atoms with E-state index in [9.17, 15) is 0 Å². The van der Waals surface area contributed by atoms with Crippen molar-refractivity contribution < 1.29 is 0 Å². The molecular formula is C15H22N6. The van der Waals surface area contributed by atoms with Gasteiger partial charge in [-0.25, -0.2) is 0 Å². The summed E-state index contributed by atoms with van der Waals surface area (Å²) in [6, 6.07) is 8.18. The van der Waals surface area contributed by atoms with Crippen LogP contribution in [0.2, 0.25) is 0 Å². The Bertz CT molecular complexity index is 577. The highest BCUT2D eigenvalue weighted by Crippen LogP contribution is 2.17. The number of aromatic nitrogens is 3. The van der Waals surface area contributed by atoms with Crippen molar-refractivity contribution in [2.45, 2.75) is 27.2 Å². The fourth-order valence-corrected chi connectivity index (χ4v) is 2.04. The Kier molecular flexibility index (Phi) is 4.92. The van der Waals surface area contributed by atoms with Crippen molar-refractivity contribution in [2.75, 3.05) is 29.0 Å². The first-order valence-corrected chi connectivity index (χ1v) is 7.28. The lowest BCUT2D eigenvalue weighted by Gasteiger charge is -2.19. The smallest absolute Gasteiger partial charge is 0.233 e. The highest BCUT2D eigenvalue weighted by molar-refractivity contribution is 5.55. The number of benzene rings is 1. The van der Waals surface area contributed by atoms with Crippen LogP contribution in [0, 0.1) is 0 Å². The summed E-state index contributed by atoms with van der Waals surface area (Å²) in [5, 5.41) is 3.17. The van der Waals surface area contributed by atoms with E-state index in [-0.39, 0.29) is 5.95 Å². The van der Waals surface area contributed by atoms with Crippen molar-refractivity contribution in [3.05, 3.63) is 29.8 Å². The third kappa shape index (κ3) is 3.81. The molecule has 0 aliphatic rings. The third-order valence-corrected chi connectivity index (χ3v) is 3.31. The molecule has 0 amide bonds.